The van der Waals surface area contributed by atoms with Crippen LogP contribution in [0.25, 0.3) is 0 Å². The van der Waals surface area contributed by atoms with Gasteiger partial charge in [-0.25, -0.2) is 9.37 Å². The van der Waals surface area contributed by atoms with Gasteiger partial charge in [0, 0.05) is 30.9 Å². The molecule has 1 unspecified atom stereocenters. The Morgan fingerprint density at radius 1 is 1.32 bits per heavy atom. The lowest BCUT2D eigenvalue weighted by Crippen LogP contribution is -2.29. The van der Waals surface area contributed by atoms with Crippen LogP contribution in [0.5, 0.6) is 0 Å². The molecule has 0 amide bonds. The van der Waals surface area contributed by atoms with Gasteiger partial charge in [-0.05, 0) is 37.1 Å². The molecular weight excluding hydrogens is 241 g/mol. The maximum absolute atomic E-state index is 12.9. The first-order valence-corrected chi connectivity index (χ1v) is 6.78. The number of nitrogens with one attached hydrogen (secondary N) is 1. The van der Waals surface area contributed by atoms with Crippen LogP contribution >= 0.6 is 0 Å². The average Bonchev–Trinajstić information content (AvgIpc) is 2.90. The van der Waals surface area contributed by atoms with Crippen LogP contribution < -0.4 is 5.32 Å². The number of imidazole rings is 1. The van der Waals surface area contributed by atoms with E-state index in [-0.39, 0.29) is 5.82 Å². The minimum absolute atomic E-state index is 0.189. The highest BCUT2D eigenvalue weighted by Crippen LogP contribution is 2.23. The molecule has 3 nitrogen and oxygen atoms in total. The second kappa shape index (κ2) is 5.53. The highest BCUT2D eigenvalue weighted by Gasteiger charge is 2.18. The molecule has 0 aliphatic carbocycles. The number of benzene rings is 1. The van der Waals surface area contributed by atoms with Gasteiger partial charge >= 0.3 is 0 Å². The molecule has 0 bridgehead atoms. The Bertz CT molecular complexity index is 527. The number of aromatic nitrogens is 2. The van der Waals surface area contributed by atoms with E-state index in [0.717, 1.165) is 25.2 Å². The Morgan fingerprint density at radius 3 is 2.89 bits per heavy atom. The zero-order chi connectivity index (χ0) is 13.1. The fraction of sp³-hybridized carbons (Fsp3) is 0.400. The quantitative estimate of drug-likeness (QED) is 0.918. The van der Waals surface area contributed by atoms with Crippen LogP contribution in [-0.4, -0.2) is 22.6 Å². The number of rotatable bonds is 3. The number of hydrogen-bond acceptors (Lipinski definition) is 2. The highest BCUT2D eigenvalue weighted by molar-refractivity contribution is 5.18. The van der Waals surface area contributed by atoms with E-state index in [2.05, 4.69) is 14.9 Å². The third kappa shape index (κ3) is 2.84. The largest absolute Gasteiger partial charge is 0.330 e. The summed E-state index contributed by atoms with van der Waals surface area (Å²) in [6.07, 6.45) is 6.25. The van der Waals surface area contributed by atoms with Crippen LogP contribution in [0.2, 0.25) is 0 Å². The van der Waals surface area contributed by atoms with Gasteiger partial charge in [0.25, 0.3) is 0 Å². The van der Waals surface area contributed by atoms with Crippen molar-refractivity contribution in [2.45, 2.75) is 25.3 Å². The van der Waals surface area contributed by atoms with Crippen molar-refractivity contribution in [2.24, 2.45) is 0 Å². The summed E-state index contributed by atoms with van der Waals surface area (Å²) < 4.78 is 15.1. The topological polar surface area (TPSA) is 29.9 Å². The van der Waals surface area contributed by atoms with E-state index in [1.807, 2.05) is 24.7 Å². The Morgan fingerprint density at radius 2 is 2.16 bits per heavy atom. The summed E-state index contributed by atoms with van der Waals surface area (Å²) in [5, 5.41) is 3.43. The van der Waals surface area contributed by atoms with Crippen molar-refractivity contribution < 1.29 is 4.39 Å². The first-order chi connectivity index (χ1) is 9.33. The molecule has 1 aromatic carbocycles. The minimum atomic E-state index is -0.189. The van der Waals surface area contributed by atoms with Gasteiger partial charge in [-0.1, -0.05) is 12.1 Å². The van der Waals surface area contributed by atoms with Crippen LogP contribution in [0.3, 0.4) is 0 Å². The summed E-state index contributed by atoms with van der Waals surface area (Å²) >= 11 is 0. The van der Waals surface area contributed by atoms with E-state index >= 15 is 0 Å². The maximum atomic E-state index is 12.9. The molecule has 3 rings (SSSR count). The molecule has 1 fully saturated rings. The summed E-state index contributed by atoms with van der Waals surface area (Å²) in [6, 6.07) is 6.68. The standard InChI is InChI=1S/C15H18FN3/c16-14-5-3-12(4-6-14)10-19-11-18-9-15(19)13-2-1-7-17-8-13/h3-6,9,11,13,17H,1-2,7-8,10H2. The van der Waals surface area contributed by atoms with Crippen molar-refractivity contribution in [1.29, 1.82) is 0 Å². The minimum Gasteiger partial charge on any atom is -0.330 e. The Kier molecular flexibility index (Phi) is 3.60. The van der Waals surface area contributed by atoms with Crippen LogP contribution in [0.1, 0.15) is 30.0 Å². The molecule has 100 valence electrons. The van der Waals surface area contributed by atoms with E-state index in [1.165, 1.54) is 30.7 Å². The molecule has 1 aromatic heterocycles. The Hall–Kier alpha value is -1.68. The predicted octanol–water partition coefficient (Wildman–Crippen LogP) is 2.54. The maximum Gasteiger partial charge on any atom is 0.123 e. The second-order valence-electron chi connectivity index (χ2n) is 5.12. The van der Waals surface area contributed by atoms with Gasteiger partial charge in [0.05, 0.1) is 6.33 Å². The van der Waals surface area contributed by atoms with Crippen molar-refractivity contribution in [3.63, 3.8) is 0 Å². The molecule has 2 heterocycles. The molecular formula is C15H18FN3. The lowest BCUT2D eigenvalue weighted by atomic mass is 9.96. The second-order valence-corrected chi connectivity index (χ2v) is 5.12. The van der Waals surface area contributed by atoms with Gasteiger partial charge < -0.3 is 9.88 Å². The van der Waals surface area contributed by atoms with Crippen molar-refractivity contribution in [1.82, 2.24) is 14.9 Å². The molecule has 1 N–H and O–H groups in total. The molecule has 0 radical (unpaired) electrons. The molecule has 4 heteroatoms. The monoisotopic (exact) mass is 259 g/mol. The first kappa shape index (κ1) is 12.4. The van der Waals surface area contributed by atoms with Crippen LogP contribution in [-0.2, 0) is 6.54 Å². The van der Waals surface area contributed by atoms with Crippen molar-refractivity contribution in [2.75, 3.05) is 13.1 Å². The zero-order valence-electron chi connectivity index (χ0n) is 10.8. The molecule has 0 saturated carbocycles. The van der Waals surface area contributed by atoms with E-state index in [1.54, 1.807) is 0 Å². The van der Waals surface area contributed by atoms with E-state index in [9.17, 15) is 4.39 Å². The summed E-state index contributed by atoms with van der Waals surface area (Å²) in [7, 11) is 0. The van der Waals surface area contributed by atoms with Gasteiger partial charge in [-0.3, -0.25) is 0 Å². The fourth-order valence-electron chi connectivity index (χ4n) is 2.69. The van der Waals surface area contributed by atoms with E-state index < -0.39 is 0 Å². The Labute approximate surface area is 112 Å². The van der Waals surface area contributed by atoms with Crippen molar-refractivity contribution >= 4 is 0 Å². The summed E-state index contributed by atoms with van der Waals surface area (Å²) in [5.41, 5.74) is 2.38. The molecule has 1 atom stereocenters. The smallest absolute Gasteiger partial charge is 0.123 e. The fourth-order valence-corrected chi connectivity index (χ4v) is 2.69. The van der Waals surface area contributed by atoms with Gasteiger partial charge in [-0.2, -0.15) is 0 Å². The summed E-state index contributed by atoms with van der Waals surface area (Å²) in [4.78, 5) is 4.27. The third-order valence-corrected chi connectivity index (χ3v) is 3.73. The van der Waals surface area contributed by atoms with Crippen LogP contribution in [0.4, 0.5) is 4.39 Å². The van der Waals surface area contributed by atoms with Gasteiger partial charge in [0.15, 0.2) is 0 Å². The Balaban J connectivity index is 1.77. The lowest BCUT2D eigenvalue weighted by molar-refractivity contribution is 0.444. The summed E-state index contributed by atoms with van der Waals surface area (Å²) in [5.74, 6) is 0.350. The van der Waals surface area contributed by atoms with E-state index in [4.69, 9.17) is 0 Å². The van der Waals surface area contributed by atoms with Gasteiger partial charge in [0.2, 0.25) is 0 Å². The van der Waals surface area contributed by atoms with Crippen molar-refractivity contribution in [3.05, 3.63) is 53.9 Å². The molecule has 1 aliphatic rings. The summed E-state index contributed by atoms with van der Waals surface area (Å²) in [6.45, 7) is 2.89. The van der Waals surface area contributed by atoms with Crippen LogP contribution in [0.15, 0.2) is 36.8 Å². The molecule has 0 spiro atoms. The molecule has 19 heavy (non-hydrogen) atoms. The lowest BCUT2D eigenvalue weighted by Gasteiger charge is -2.23. The predicted molar refractivity (Wildman–Crippen MR) is 72.6 cm³/mol. The number of hydrogen-bond donors (Lipinski definition) is 1. The molecule has 2 aromatic rings. The van der Waals surface area contributed by atoms with Crippen molar-refractivity contribution in [3.8, 4) is 0 Å². The number of halogens is 1. The molecule has 1 saturated heterocycles. The van der Waals surface area contributed by atoms with Crippen LogP contribution in [0, 0.1) is 5.82 Å². The number of nitrogens with zero attached hydrogens (tertiary/aromatic N) is 2. The SMILES string of the molecule is Fc1ccc(Cn2cncc2C2CCCNC2)cc1. The normalized spacial score (nSPS) is 19.5. The zero-order valence-corrected chi connectivity index (χ0v) is 10.8. The van der Waals surface area contributed by atoms with Gasteiger partial charge in [-0.15, -0.1) is 0 Å². The number of piperidine rings is 1. The van der Waals surface area contributed by atoms with Gasteiger partial charge in [0.1, 0.15) is 5.82 Å². The third-order valence-electron chi connectivity index (χ3n) is 3.73. The average molecular weight is 259 g/mol. The van der Waals surface area contributed by atoms with E-state index in [0.29, 0.717) is 5.92 Å². The highest BCUT2D eigenvalue weighted by atomic mass is 19.1. The first-order valence-electron chi connectivity index (χ1n) is 6.78. The molecule has 1 aliphatic heterocycles.